The highest BCUT2D eigenvalue weighted by Gasteiger charge is 2.34. The van der Waals surface area contributed by atoms with Crippen molar-refractivity contribution in [1.29, 1.82) is 0 Å². The molecule has 0 fully saturated rings. The molecule has 0 radical (unpaired) electrons. The fourth-order valence-corrected chi connectivity index (χ4v) is 3.03. The van der Waals surface area contributed by atoms with Crippen molar-refractivity contribution < 1.29 is 18.0 Å². The van der Waals surface area contributed by atoms with Crippen molar-refractivity contribution in [2.75, 3.05) is 24.3 Å². The summed E-state index contributed by atoms with van der Waals surface area (Å²) in [6.07, 6.45) is -4.55. The standard InChI is InChI=1S/C18H19F3N2OS/c1-12(25-14-7-5-4-6-8-14)17(24)22-16-10-9-13(23(2)3)11-15(16)18(19,20)21/h4-12H,1-3H3,(H,22,24). The largest absolute Gasteiger partial charge is 0.418 e. The van der Waals surface area contributed by atoms with Gasteiger partial charge in [-0.1, -0.05) is 18.2 Å². The molecule has 1 atom stereocenters. The Morgan fingerprint density at radius 3 is 2.32 bits per heavy atom. The first-order valence-electron chi connectivity index (χ1n) is 7.59. The van der Waals surface area contributed by atoms with Crippen LogP contribution in [0.1, 0.15) is 12.5 Å². The smallest absolute Gasteiger partial charge is 0.378 e. The van der Waals surface area contributed by atoms with Crippen LogP contribution in [-0.4, -0.2) is 25.3 Å². The lowest BCUT2D eigenvalue weighted by atomic mass is 10.1. The molecule has 0 saturated carbocycles. The van der Waals surface area contributed by atoms with E-state index in [1.807, 2.05) is 30.3 Å². The Kier molecular flexibility index (Phi) is 6.00. The van der Waals surface area contributed by atoms with E-state index in [9.17, 15) is 18.0 Å². The Bertz CT molecular complexity index is 733. The molecule has 1 unspecified atom stereocenters. The molecule has 1 amide bonds. The number of alkyl halides is 3. The van der Waals surface area contributed by atoms with Crippen molar-refractivity contribution in [2.45, 2.75) is 23.2 Å². The molecule has 0 bridgehead atoms. The summed E-state index contributed by atoms with van der Waals surface area (Å²) in [5, 5.41) is 1.87. The van der Waals surface area contributed by atoms with Gasteiger partial charge in [0.2, 0.25) is 5.91 Å². The Morgan fingerprint density at radius 2 is 1.76 bits per heavy atom. The predicted octanol–water partition coefficient (Wildman–Crippen LogP) is 4.89. The number of hydrogen-bond acceptors (Lipinski definition) is 3. The van der Waals surface area contributed by atoms with E-state index in [1.54, 1.807) is 32.0 Å². The lowest BCUT2D eigenvalue weighted by Crippen LogP contribution is -2.24. The summed E-state index contributed by atoms with van der Waals surface area (Å²) in [6, 6.07) is 13.1. The van der Waals surface area contributed by atoms with Crippen LogP contribution < -0.4 is 10.2 Å². The van der Waals surface area contributed by atoms with Crippen LogP contribution in [0.2, 0.25) is 0 Å². The number of hydrogen-bond donors (Lipinski definition) is 1. The second kappa shape index (κ2) is 7.82. The summed E-state index contributed by atoms with van der Waals surface area (Å²) in [6.45, 7) is 1.66. The molecule has 0 heterocycles. The van der Waals surface area contributed by atoms with Gasteiger partial charge >= 0.3 is 6.18 Å². The van der Waals surface area contributed by atoms with Crippen molar-refractivity contribution in [3.05, 3.63) is 54.1 Å². The van der Waals surface area contributed by atoms with Gasteiger partial charge < -0.3 is 10.2 Å². The van der Waals surface area contributed by atoms with E-state index in [4.69, 9.17) is 0 Å². The molecule has 134 valence electrons. The summed E-state index contributed by atoms with van der Waals surface area (Å²) in [5.74, 6) is -0.475. The van der Waals surface area contributed by atoms with Gasteiger partial charge in [0.1, 0.15) is 0 Å². The van der Waals surface area contributed by atoms with Crippen molar-refractivity contribution in [3.8, 4) is 0 Å². The monoisotopic (exact) mass is 368 g/mol. The zero-order chi connectivity index (χ0) is 18.6. The molecule has 0 aliphatic carbocycles. The average molecular weight is 368 g/mol. The van der Waals surface area contributed by atoms with E-state index in [0.29, 0.717) is 5.69 Å². The van der Waals surface area contributed by atoms with Crippen molar-refractivity contribution in [3.63, 3.8) is 0 Å². The third-order valence-corrected chi connectivity index (χ3v) is 4.62. The summed E-state index contributed by atoms with van der Waals surface area (Å²) >= 11 is 1.29. The third-order valence-electron chi connectivity index (χ3n) is 3.51. The quantitative estimate of drug-likeness (QED) is 0.763. The summed E-state index contributed by atoms with van der Waals surface area (Å²) in [5.41, 5.74) is -0.676. The lowest BCUT2D eigenvalue weighted by molar-refractivity contribution is -0.136. The normalized spacial score (nSPS) is 12.6. The number of carbonyl (C=O) groups is 1. The van der Waals surface area contributed by atoms with Gasteiger partial charge in [-0.2, -0.15) is 13.2 Å². The van der Waals surface area contributed by atoms with Crippen LogP contribution in [0.4, 0.5) is 24.5 Å². The lowest BCUT2D eigenvalue weighted by Gasteiger charge is -2.19. The highest BCUT2D eigenvalue weighted by Crippen LogP contribution is 2.37. The number of anilines is 2. The van der Waals surface area contributed by atoms with Crippen LogP contribution in [-0.2, 0) is 11.0 Å². The number of nitrogens with zero attached hydrogens (tertiary/aromatic N) is 1. The molecule has 0 aliphatic rings. The number of rotatable bonds is 5. The Balaban J connectivity index is 2.19. The molecule has 7 heteroatoms. The van der Waals surface area contributed by atoms with Crippen LogP contribution >= 0.6 is 11.8 Å². The van der Waals surface area contributed by atoms with Crippen LogP contribution in [0.5, 0.6) is 0 Å². The number of halogens is 3. The molecule has 25 heavy (non-hydrogen) atoms. The van der Waals surface area contributed by atoms with Gasteiger partial charge in [-0.15, -0.1) is 11.8 Å². The Labute approximate surface area is 149 Å². The van der Waals surface area contributed by atoms with Gasteiger partial charge in [0.05, 0.1) is 16.5 Å². The minimum Gasteiger partial charge on any atom is -0.378 e. The van der Waals surface area contributed by atoms with E-state index in [1.165, 1.54) is 17.8 Å². The molecule has 0 aromatic heterocycles. The molecule has 2 rings (SSSR count). The minimum atomic E-state index is -4.55. The second-order valence-corrected chi connectivity index (χ2v) is 7.10. The fraction of sp³-hybridized carbons (Fsp3) is 0.278. The molecule has 0 spiro atoms. The number of amides is 1. The van der Waals surface area contributed by atoms with Crippen molar-refractivity contribution in [2.24, 2.45) is 0 Å². The van der Waals surface area contributed by atoms with E-state index in [2.05, 4.69) is 5.32 Å². The zero-order valence-electron chi connectivity index (χ0n) is 14.1. The van der Waals surface area contributed by atoms with Crippen LogP contribution in [0, 0.1) is 0 Å². The van der Waals surface area contributed by atoms with Crippen molar-refractivity contribution >= 4 is 29.0 Å². The van der Waals surface area contributed by atoms with Gasteiger partial charge in [0.25, 0.3) is 0 Å². The Morgan fingerprint density at radius 1 is 1.12 bits per heavy atom. The minimum absolute atomic E-state index is 0.233. The fourth-order valence-electron chi connectivity index (χ4n) is 2.15. The first-order chi connectivity index (χ1) is 11.7. The van der Waals surface area contributed by atoms with E-state index >= 15 is 0 Å². The van der Waals surface area contributed by atoms with Gasteiger partial charge in [-0.25, -0.2) is 0 Å². The van der Waals surface area contributed by atoms with E-state index < -0.39 is 22.9 Å². The number of benzene rings is 2. The number of carbonyl (C=O) groups excluding carboxylic acids is 1. The molecule has 0 saturated heterocycles. The van der Waals surface area contributed by atoms with E-state index in [0.717, 1.165) is 11.0 Å². The predicted molar refractivity (Wildman–Crippen MR) is 96.2 cm³/mol. The van der Waals surface area contributed by atoms with Gasteiger partial charge in [-0.3, -0.25) is 4.79 Å². The maximum atomic E-state index is 13.3. The average Bonchev–Trinajstić information content (AvgIpc) is 2.54. The van der Waals surface area contributed by atoms with Gasteiger partial charge in [0, 0.05) is 24.7 Å². The summed E-state index contributed by atoms with van der Waals surface area (Å²) in [4.78, 5) is 14.8. The molecule has 3 nitrogen and oxygen atoms in total. The van der Waals surface area contributed by atoms with Crippen molar-refractivity contribution in [1.82, 2.24) is 0 Å². The van der Waals surface area contributed by atoms with Gasteiger partial charge in [-0.05, 0) is 37.3 Å². The molecular formula is C18H19F3N2OS. The highest BCUT2D eigenvalue weighted by atomic mass is 32.2. The highest BCUT2D eigenvalue weighted by molar-refractivity contribution is 8.00. The number of nitrogens with one attached hydrogen (secondary N) is 1. The molecule has 2 aromatic carbocycles. The van der Waals surface area contributed by atoms with Crippen LogP contribution in [0.15, 0.2) is 53.4 Å². The Hall–Kier alpha value is -2.15. The molecular weight excluding hydrogens is 349 g/mol. The maximum absolute atomic E-state index is 13.3. The SMILES string of the molecule is CC(Sc1ccccc1)C(=O)Nc1ccc(N(C)C)cc1C(F)(F)F. The summed E-state index contributed by atoms with van der Waals surface area (Å²) in [7, 11) is 3.32. The third kappa shape index (κ3) is 5.16. The summed E-state index contributed by atoms with van der Waals surface area (Å²) < 4.78 is 39.9. The first kappa shape index (κ1) is 19.2. The van der Waals surface area contributed by atoms with E-state index in [-0.39, 0.29) is 5.69 Å². The maximum Gasteiger partial charge on any atom is 0.418 e. The first-order valence-corrected chi connectivity index (χ1v) is 8.47. The second-order valence-electron chi connectivity index (χ2n) is 5.68. The molecule has 2 aromatic rings. The van der Waals surface area contributed by atoms with Gasteiger partial charge in [0.15, 0.2) is 0 Å². The number of thioether (sulfide) groups is 1. The topological polar surface area (TPSA) is 32.3 Å². The zero-order valence-corrected chi connectivity index (χ0v) is 14.9. The van der Waals surface area contributed by atoms with Crippen LogP contribution in [0.25, 0.3) is 0 Å². The molecule has 0 aliphatic heterocycles. The molecule has 1 N–H and O–H groups in total. The van der Waals surface area contributed by atoms with Crippen LogP contribution in [0.3, 0.4) is 0 Å².